The molecule has 0 N–H and O–H groups in total. The van der Waals surface area contributed by atoms with Crippen LogP contribution < -0.4 is 0 Å². The quantitative estimate of drug-likeness (QED) is 0.848. The molecule has 0 unspecified atom stereocenters. The van der Waals surface area contributed by atoms with Crippen molar-refractivity contribution in [3.8, 4) is 0 Å². The Morgan fingerprint density at radius 1 is 1.15 bits per heavy atom. The molecule has 2 amide bonds. The molecule has 1 aromatic heterocycles. The number of rotatable bonds is 3. The minimum Gasteiger partial charge on any atom is -0.432 e. The van der Waals surface area contributed by atoms with Crippen molar-refractivity contribution >= 4 is 12.0 Å². The van der Waals surface area contributed by atoms with Gasteiger partial charge in [-0.1, -0.05) is 6.42 Å². The first-order valence-corrected chi connectivity index (χ1v) is 7.15. The zero-order chi connectivity index (χ0) is 14.0. The Balaban J connectivity index is 1.68. The van der Waals surface area contributed by atoms with E-state index < -0.39 is 11.7 Å². The van der Waals surface area contributed by atoms with Gasteiger partial charge in [0, 0.05) is 18.9 Å². The van der Waals surface area contributed by atoms with E-state index in [4.69, 9.17) is 4.74 Å². The van der Waals surface area contributed by atoms with Gasteiger partial charge in [-0.05, 0) is 49.8 Å². The van der Waals surface area contributed by atoms with Gasteiger partial charge in [-0.15, -0.1) is 0 Å². The Morgan fingerprint density at radius 2 is 1.85 bits per heavy atom. The van der Waals surface area contributed by atoms with E-state index in [0.717, 1.165) is 24.8 Å². The number of ether oxygens (including phenoxy) is 1. The fraction of sp³-hybridized carbons (Fsp3) is 0.533. The van der Waals surface area contributed by atoms with Crippen LogP contribution in [0.1, 0.15) is 37.7 Å². The van der Waals surface area contributed by atoms with E-state index in [1.807, 2.05) is 12.1 Å². The molecule has 20 heavy (non-hydrogen) atoms. The van der Waals surface area contributed by atoms with Crippen LogP contribution in [-0.4, -0.2) is 34.0 Å². The van der Waals surface area contributed by atoms with Gasteiger partial charge in [0.1, 0.15) is 0 Å². The topological polar surface area (TPSA) is 59.5 Å². The largest absolute Gasteiger partial charge is 0.432 e. The van der Waals surface area contributed by atoms with E-state index in [1.165, 1.54) is 4.90 Å². The second kappa shape index (κ2) is 5.23. The minimum absolute atomic E-state index is 0.142. The highest BCUT2D eigenvalue weighted by Crippen LogP contribution is 2.37. The second-order valence-corrected chi connectivity index (χ2v) is 5.49. The van der Waals surface area contributed by atoms with Gasteiger partial charge in [0.25, 0.3) is 5.91 Å². The molecule has 3 rings (SSSR count). The maximum absolute atomic E-state index is 12.5. The van der Waals surface area contributed by atoms with Crippen LogP contribution in [0.25, 0.3) is 0 Å². The van der Waals surface area contributed by atoms with Gasteiger partial charge in [-0.3, -0.25) is 9.78 Å². The van der Waals surface area contributed by atoms with Crippen LogP contribution in [-0.2, 0) is 16.0 Å². The highest BCUT2D eigenvalue weighted by atomic mass is 16.6. The minimum atomic E-state index is -0.854. The Hall–Kier alpha value is -1.91. The lowest BCUT2D eigenvalue weighted by atomic mass is 9.84. The number of hydrogen-bond acceptors (Lipinski definition) is 4. The molecule has 2 fully saturated rings. The molecule has 0 aromatic carbocycles. The lowest BCUT2D eigenvalue weighted by Gasteiger charge is -2.28. The molecule has 2 heterocycles. The van der Waals surface area contributed by atoms with E-state index in [0.29, 0.717) is 25.8 Å². The number of hydrogen-bond donors (Lipinski definition) is 0. The Labute approximate surface area is 117 Å². The Kier molecular flexibility index (Phi) is 3.42. The number of carbonyl (C=O) groups is 2. The molecule has 106 valence electrons. The predicted octanol–water partition coefficient (Wildman–Crippen LogP) is 2.31. The third-order valence-corrected chi connectivity index (χ3v) is 4.17. The number of nitrogens with zero attached hydrogens (tertiary/aromatic N) is 2. The van der Waals surface area contributed by atoms with Crippen molar-refractivity contribution in [1.82, 2.24) is 9.88 Å². The summed E-state index contributed by atoms with van der Waals surface area (Å²) in [5.74, 6) is -0.142. The van der Waals surface area contributed by atoms with Gasteiger partial charge >= 0.3 is 6.09 Å². The maximum Gasteiger partial charge on any atom is 0.417 e. The smallest absolute Gasteiger partial charge is 0.417 e. The van der Waals surface area contributed by atoms with Gasteiger partial charge in [0.15, 0.2) is 5.60 Å². The highest BCUT2D eigenvalue weighted by Gasteiger charge is 2.53. The molecule has 1 aromatic rings. The summed E-state index contributed by atoms with van der Waals surface area (Å²) in [5.41, 5.74) is 0.207. The molecule has 1 saturated heterocycles. The summed E-state index contributed by atoms with van der Waals surface area (Å²) in [6, 6.07) is 3.78. The summed E-state index contributed by atoms with van der Waals surface area (Å²) in [5, 5.41) is 0. The second-order valence-electron chi connectivity index (χ2n) is 5.49. The van der Waals surface area contributed by atoms with Crippen LogP contribution in [0, 0.1) is 0 Å². The fourth-order valence-electron chi connectivity index (χ4n) is 3.02. The maximum atomic E-state index is 12.5. The fourth-order valence-corrected chi connectivity index (χ4v) is 3.02. The van der Waals surface area contributed by atoms with Gasteiger partial charge in [-0.2, -0.15) is 0 Å². The average Bonchev–Trinajstić information content (AvgIpc) is 2.70. The van der Waals surface area contributed by atoms with Gasteiger partial charge < -0.3 is 4.74 Å². The van der Waals surface area contributed by atoms with Crippen LogP contribution in [0.15, 0.2) is 24.5 Å². The third kappa shape index (κ3) is 2.28. The van der Waals surface area contributed by atoms with E-state index >= 15 is 0 Å². The number of pyridine rings is 1. The number of amides is 2. The van der Waals surface area contributed by atoms with Crippen molar-refractivity contribution in [2.75, 3.05) is 6.54 Å². The van der Waals surface area contributed by atoms with Gasteiger partial charge in [0.05, 0.1) is 0 Å². The first-order valence-electron chi connectivity index (χ1n) is 7.15. The Bertz CT molecular complexity index is 509. The summed E-state index contributed by atoms with van der Waals surface area (Å²) >= 11 is 0. The number of carbonyl (C=O) groups excluding carboxylic acids is 2. The van der Waals surface area contributed by atoms with Crippen molar-refractivity contribution in [3.63, 3.8) is 0 Å². The van der Waals surface area contributed by atoms with Crippen LogP contribution in [0.4, 0.5) is 4.79 Å². The van der Waals surface area contributed by atoms with Crippen LogP contribution in [0.5, 0.6) is 0 Å². The molecule has 1 spiro atoms. The summed E-state index contributed by atoms with van der Waals surface area (Å²) in [6.07, 6.45) is 7.94. The van der Waals surface area contributed by atoms with Crippen molar-refractivity contribution in [3.05, 3.63) is 30.1 Å². The highest BCUT2D eigenvalue weighted by molar-refractivity contribution is 6.02. The van der Waals surface area contributed by atoms with Crippen LogP contribution in [0.2, 0.25) is 0 Å². The third-order valence-electron chi connectivity index (χ3n) is 4.17. The molecular weight excluding hydrogens is 256 g/mol. The van der Waals surface area contributed by atoms with E-state index in [-0.39, 0.29) is 5.91 Å². The zero-order valence-electron chi connectivity index (χ0n) is 11.4. The van der Waals surface area contributed by atoms with Crippen molar-refractivity contribution in [2.45, 2.75) is 44.1 Å². The van der Waals surface area contributed by atoms with Crippen LogP contribution >= 0.6 is 0 Å². The lowest BCUT2D eigenvalue weighted by molar-refractivity contribution is -0.139. The van der Waals surface area contributed by atoms with Gasteiger partial charge in [-0.25, -0.2) is 9.69 Å². The Morgan fingerprint density at radius 3 is 2.55 bits per heavy atom. The summed E-state index contributed by atoms with van der Waals surface area (Å²) in [4.78, 5) is 29.7. The molecule has 5 heteroatoms. The molecule has 1 aliphatic heterocycles. The van der Waals surface area contributed by atoms with Gasteiger partial charge in [0.2, 0.25) is 0 Å². The molecule has 5 nitrogen and oxygen atoms in total. The molecule has 0 atom stereocenters. The molecule has 0 radical (unpaired) electrons. The normalized spacial score (nSPS) is 21.3. The molecule has 1 saturated carbocycles. The summed E-state index contributed by atoms with van der Waals surface area (Å²) in [6.45, 7) is 0.378. The van der Waals surface area contributed by atoms with E-state index in [1.54, 1.807) is 12.4 Å². The summed E-state index contributed by atoms with van der Waals surface area (Å²) in [7, 11) is 0. The van der Waals surface area contributed by atoms with Crippen molar-refractivity contribution < 1.29 is 14.3 Å². The van der Waals surface area contributed by atoms with E-state index in [2.05, 4.69) is 4.98 Å². The van der Waals surface area contributed by atoms with Crippen molar-refractivity contribution in [2.24, 2.45) is 0 Å². The van der Waals surface area contributed by atoms with Crippen molar-refractivity contribution in [1.29, 1.82) is 0 Å². The molecule has 2 aliphatic rings. The standard InChI is InChI=1S/C15H18N2O3/c18-13-15(7-2-1-3-8-15)20-14(19)17(13)11-6-12-4-9-16-10-5-12/h4-5,9-10H,1-3,6-8,11H2. The predicted molar refractivity (Wildman–Crippen MR) is 72.0 cm³/mol. The molecule has 1 aliphatic carbocycles. The molecular formula is C15H18N2O3. The van der Waals surface area contributed by atoms with Crippen LogP contribution in [0.3, 0.4) is 0 Å². The SMILES string of the molecule is O=C1OC2(CCCCC2)C(=O)N1CCc1ccncc1. The van der Waals surface area contributed by atoms with E-state index in [9.17, 15) is 9.59 Å². The monoisotopic (exact) mass is 274 g/mol. The lowest BCUT2D eigenvalue weighted by Crippen LogP contribution is -2.43. The zero-order valence-corrected chi connectivity index (χ0v) is 11.4. The molecule has 0 bridgehead atoms. The average molecular weight is 274 g/mol. The summed E-state index contributed by atoms with van der Waals surface area (Å²) < 4.78 is 5.43. The number of aromatic nitrogens is 1. The number of imide groups is 1. The first-order chi connectivity index (χ1) is 9.71. The first kappa shape index (κ1) is 13.1.